The molecule has 0 aromatic heterocycles. The lowest BCUT2D eigenvalue weighted by Gasteiger charge is -2.30. The van der Waals surface area contributed by atoms with Crippen LogP contribution in [0, 0.1) is 6.92 Å². The van der Waals surface area contributed by atoms with Gasteiger partial charge in [0.2, 0.25) is 0 Å². The number of hydrogen-bond acceptors (Lipinski definition) is 2. The summed E-state index contributed by atoms with van der Waals surface area (Å²) in [7, 11) is 0. The van der Waals surface area contributed by atoms with Gasteiger partial charge < -0.3 is 15.7 Å². The molecule has 3 rings (SSSR count). The Bertz CT molecular complexity index is 654. The first kappa shape index (κ1) is 12.0. The molecule has 0 fully saturated rings. The minimum absolute atomic E-state index is 0.0317. The Labute approximate surface area is 117 Å². The molecule has 1 aliphatic heterocycles. The normalized spacial score (nSPS) is 17.3. The zero-order chi connectivity index (χ0) is 13.4. The van der Waals surface area contributed by atoms with Crippen molar-refractivity contribution in [1.29, 1.82) is 0 Å². The highest BCUT2D eigenvalue weighted by molar-refractivity contribution is 7.80. The molecule has 0 saturated carbocycles. The van der Waals surface area contributed by atoms with Crippen molar-refractivity contribution in [3.63, 3.8) is 0 Å². The van der Waals surface area contributed by atoms with E-state index in [1.54, 1.807) is 12.1 Å². The lowest BCUT2D eigenvalue weighted by Crippen LogP contribution is -2.38. The van der Waals surface area contributed by atoms with E-state index < -0.39 is 0 Å². The van der Waals surface area contributed by atoms with Crippen LogP contribution in [0.25, 0.3) is 0 Å². The summed E-state index contributed by atoms with van der Waals surface area (Å²) >= 11 is 5.24. The maximum absolute atomic E-state index is 9.64. The van der Waals surface area contributed by atoms with E-state index in [4.69, 9.17) is 12.2 Å². The Kier molecular flexibility index (Phi) is 2.87. The molecule has 0 saturated heterocycles. The van der Waals surface area contributed by atoms with E-state index in [-0.39, 0.29) is 11.8 Å². The third-order valence-electron chi connectivity index (χ3n) is 3.25. The van der Waals surface area contributed by atoms with Crippen LogP contribution in [0.15, 0.2) is 42.5 Å². The summed E-state index contributed by atoms with van der Waals surface area (Å²) in [6.07, 6.45) is 0. The van der Waals surface area contributed by atoms with Crippen molar-refractivity contribution >= 4 is 23.0 Å². The lowest BCUT2D eigenvalue weighted by atomic mass is 9.94. The topological polar surface area (TPSA) is 44.3 Å². The third-order valence-corrected chi connectivity index (χ3v) is 3.47. The lowest BCUT2D eigenvalue weighted by molar-refractivity contribution is 0.474. The fourth-order valence-corrected chi connectivity index (χ4v) is 2.60. The molecule has 0 bridgehead atoms. The van der Waals surface area contributed by atoms with Gasteiger partial charge in [0, 0.05) is 11.3 Å². The van der Waals surface area contributed by atoms with Crippen molar-refractivity contribution in [2.45, 2.75) is 13.0 Å². The number of rotatable bonds is 1. The van der Waals surface area contributed by atoms with Gasteiger partial charge in [-0.25, -0.2) is 0 Å². The maximum atomic E-state index is 9.64. The molecule has 0 radical (unpaired) electrons. The maximum Gasteiger partial charge on any atom is 0.171 e. The first-order valence-electron chi connectivity index (χ1n) is 6.10. The molecule has 0 aliphatic carbocycles. The summed E-state index contributed by atoms with van der Waals surface area (Å²) in [5, 5.41) is 16.6. The van der Waals surface area contributed by atoms with E-state index in [0.717, 1.165) is 16.8 Å². The summed E-state index contributed by atoms with van der Waals surface area (Å²) in [4.78, 5) is 0. The van der Waals surface area contributed by atoms with Gasteiger partial charge in [-0.05, 0) is 42.9 Å². The molecule has 3 nitrogen and oxygen atoms in total. The SMILES string of the molecule is Cc1ccc2c(c1)C(c1cccc(O)c1)NC(=S)N2. The second-order valence-electron chi connectivity index (χ2n) is 4.72. The van der Waals surface area contributed by atoms with Gasteiger partial charge >= 0.3 is 0 Å². The van der Waals surface area contributed by atoms with Crippen molar-refractivity contribution in [1.82, 2.24) is 5.32 Å². The highest BCUT2D eigenvalue weighted by Gasteiger charge is 2.23. The van der Waals surface area contributed by atoms with Crippen LogP contribution in [0.1, 0.15) is 22.7 Å². The van der Waals surface area contributed by atoms with Crippen LogP contribution in [0.3, 0.4) is 0 Å². The fourth-order valence-electron chi connectivity index (χ4n) is 2.37. The van der Waals surface area contributed by atoms with Crippen LogP contribution in [0.2, 0.25) is 0 Å². The van der Waals surface area contributed by atoms with Gasteiger partial charge in [0.15, 0.2) is 5.11 Å². The Morgan fingerprint density at radius 2 is 2.00 bits per heavy atom. The number of anilines is 1. The minimum atomic E-state index is -0.0317. The van der Waals surface area contributed by atoms with Crippen molar-refractivity contribution in [3.05, 3.63) is 59.2 Å². The van der Waals surface area contributed by atoms with Gasteiger partial charge in [0.05, 0.1) is 6.04 Å². The summed E-state index contributed by atoms with van der Waals surface area (Å²) in [5.41, 5.74) is 4.35. The molecule has 3 N–H and O–H groups in total. The van der Waals surface area contributed by atoms with Crippen LogP contribution in [-0.4, -0.2) is 10.2 Å². The largest absolute Gasteiger partial charge is 0.508 e. The number of thiocarbonyl (C=S) groups is 1. The molecule has 1 atom stereocenters. The Balaban J connectivity index is 2.12. The van der Waals surface area contributed by atoms with Crippen LogP contribution >= 0.6 is 12.2 Å². The number of aromatic hydroxyl groups is 1. The smallest absolute Gasteiger partial charge is 0.171 e. The fraction of sp³-hybridized carbons (Fsp3) is 0.133. The molecule has 2 aromatic carbocycles. The average molecular weight is 270 g/mol. The van der Waals surface area contributed by atoms with Crippen molar-refractivity contribution in [3.8, 4) is 5.75 Å². The Morgan fingerprint density at radius 3 is 2.79 bits per heavy atom. The number of phenols is 1. The van der Waals surface area contributed by atoms with Crippen LogP contribution in [0.4, 0.5) is 5.69 Å². The van der Waals surface area contributed by atoms with Crippen molar-refractivity contribution in [2.75, 3.05) is 5.32 Å². The molecule has 1 aliphatic rings. The molecule has 4 heteroatoms. The van der Waals surface area contributed by atoms with E-state index >= 15 is 0 Å². The quantitative estimate of drug-likeness (QED) is 0.697. The van der Waals surface area contributed by atoms with Gasteiger partial charge in [0.25, 0.3) is 0 Å². The first-order valence-corrected chi connectivity index (χ1v) is 6.51. The van der Waals surface area contributed by atoms with Crippen molar-refractivity contribution < 1.29 is 5.11 Å². The van der Waals surface area contributed by atoms with Gasteiger partial charge in [-0.1, -0.05) is 29.8 Å². The Morgan fingerprint density at radius 1 is 1.16 bits per heavy atom. The van der Waals surface area contributed by atoms with Crippen molar-refractivity contribution in [2.24, 2.45) is 0 Å². The molecule has 96 valence electrons. The van der Waals surface area contributed by atoms with E-state index in [2.05, 4.69) is 29.7 Å². The van der Waals surface area contributed by atoms with Gasteiger partial charge in [0.1, 0.15) is 5.75 Å². The summed E-state index contributed by atoms with van der Waals surface area (Å²) < 4.78 is 0. The zero-order valence-corrected chi connectivity index (χ0v) is 11.3. The third kappa shape index (κ3) is 2.27. The summed E-state index contributed by atoms with van der Waals surface area (Å²) in [5.74, 6) is 0.262. The highest BCUT2D eigenvalue weighted by atomic mass is 32.1. The molecule has 0 amide bonds. The Hall–Kier alpha value is -2.07. The molecule has 19 heavy (non-hydrogen) atoms. The molecular formula is C15H14N2OS. The predicted octanol–water partition coefficient (Wildman–Crippen LogP) is 3.09. The number of nitrogens with one attached hydrogen (secondary N) is 2. The highest BCUT2D eigenvalue weighted by Crippen LogP contribution is 2.33. The summed E-state index contributed by atoms with van der Waals surface area (Å²) in [6, 6.07) is 13.4. The van der Waals surface area contributed by atoms with Gasteiger partial charge in [-0.2, -0.15) is 0 Å². The number of phenolic OH excluding ortho intramolecular Hbond substituents is 1. The van der Waals surface area contributed by atoms with E-state index in [0.29, 0.717) is 5.11 Å². The van der Waals surface area contributed by atoms with E-state index in [9.17, 15) is 5.11 Å². The molecule has 1 unspecified atom stereocenters. The zero-order valence-electron chi connectivity index (χ0n) is 10.5. The number of aryl methyl sites for hydroxylation is 1. The second kappa shape index (κ2) is 4.55. The number of hydrogen-bond donors (Lipinski definition) is 3. The van der Waals surface area contributed by atoms with E-state index in [1.807, 2.05) is 18.2 Å². The molecular weight excluding hydrogens is 256 g/mol. The molecule has 0 spiro atoms. The minimum Gasteiger partial charge on any atom is -0.508 e. The van der Waals surface area contributed by atoms with Crippen LogP contribution < -0.4 is 10.6 Å². The summed E-state index contributed by atoms with van der Waals surface area (Å²) in [6.45, 7) is 2.06. The van der Waals surface area contributed by atoms with Gasteiger partial charge in [-0.3, -0.25) is 0 Å². The average Bonchev–Trinajstić information content (AvgIpc) is 2.38. The second-order valence-corrected chi connectivity index (χ2v) is 5.13. The predicted molar refractivity (Wildman–Crippen MR) is 80.5 cm³/mol. The molecule has 1 heterocycles. The van der Waals surface area contributed by atoms with Crippen LogP contribution in [-0.2, 0) is 0 Å². The first-order chi connectivity index (χ1) is 9.13. The van der Waals surface area contributed by atoms with Crippen LogP contribution in [0.5, 0.6) is 5.75 Å². The number of benzene rings is 2. The number of fused-ring (bicyclic) bond motifs is 1. The monoisotopic (exact) mass is 270 g/mol. The molecule has 2 aromatic rings. The van der Waals surface area contributed by atoms with E-state index in [1.165, 1.54) is 5.56 Å². The standard InChI is InChI=1S/C15H14N2OS/c1-9-5-6-13-12(7-9)14(17-15(19)16-13)10-3-2-4-11(18)8-10/h2-8,14,18H,1H3,(H2,16,17,19). The van der Waals surface area contributed by atoms with Gasteiger partial charge in [-0.15, -0.1) is 0 Å².